The molecule has 1 saturated carbocycles. The standard InChI is InChI=1S/C10H12N4O3/c15-7(16)10(3-1-4-10)14-9(17)13-8-11-5-2-6-12-8/h2,5-6H,1,3-4H2,(H,15,16)(H2,11,12,13,14,17). The lowest BCUT2D eigenvalue weighted by Crippen LogP contribution is -2.60. The van der Waals surface area contributed by atoms with E-state index in [0.717, 1.165) is 6.42 Å². The van der Waals surface area contributed by atoms with E-state index in [9.17, 15) is 9.59 Å². The van der Waals surface area contributed by atoms with Crippen LogP contribution < -0.4 is 10.6 Å². The summed E-state index contributed by atoms with van der Waals surface area (Å²) in [4.78, 5) is 30.2. The van der Waals surface area contributed by atoms with Gasteiger partial charge in [0.05, 0.1) is 0 Å². The normalized spacial score (nSPS) is 16.7. The molecule has 7 nitrogen and oxygen atoms in total. The van der Waals surface area contributed by atoms with E-state index in [2.05, 4.69) is 20.6 Å². The number of nitrogens with zero attached hydrogens (tertiary/aromatic N) is 2. The van der Waals surface area contributed by atoms with Crippen LogP contribution in [0.5, 0.6) is 0 Å². The first-order valence-electron chi connectivity index (χ1n) is 5.22. The summed E-state index contributed by atoms with van der Waals surface area (Å²) in [5.74, 6) is -0.863. The van der Waals surface area contributed by atoms with Crippen LogP contribution in [0.3, 0.4) is 0 Å². The average Bonchev–Trinajstić information content (AvgIpc) is 2.24. The van der Waals surface area contributed by atoms with E-state index in [1.165, 1.54) is 12.4 Å². The zero-order valence-electron chi connectivity index (χ0n) is 9.01. The van der Waals surface area contributed by atoms with Gasteiger partial charge in [-0.05, 0) is 25.3 Å². The van der Waals surface area contributed by atoms with E-state index >= 15 is 0 Å². The predicted molar refractivity (Wildman–Crippen MR) is 58.4 cm³/mol. The number of aromatic nitrogens is 2. The van der Waals surface area contributed by atoms with Gasteiger partial charge in [-0.3, -0.25) is 5.32 Å². The van der Waals surface area contributed by atoms with Crippen LogP contribution in [0, 0.1) is 0 Å². The zero-order valence-corrected chi connectivity index (χ0v) is 9.01. The van der Waals surface area contributed by atoms with Crippen molar-refractivity contribution < 1.29 is 14.7 Å². The molecular formula is C10H12N4O3. The maximum absolute atomic E-state index is 11.6. The Balaban J connectivity index is 1.96. The van der Waals surface area contributed by atoms with Gasteiger partial charge in [0.25, 0.3) is 0 Å². The highest BCUT2D eigenvalue weighted by molar-refractivity contribution is 5.93. The van der Waals surface area contributed by atoms with Crippen LogP contribution in [0.25, 0.3) is 0 Å². The predicted octanol–water partition coefficient (Wildman–Crippen LogP) is 0.605. The van der Waals surface area contributed by atoms with Crippen molar-refractivity contribution in [3.8, 4) is 0 Å². The van der Waals surface area contributed by atoms with E-state index in [-0.39, 0.29) is 5.95 Å². The van der Waals surface area contributed by atoms with Gasteiger partial charge in [-0.2, -0.15) is 0 Å². The second-order valence-corrected chi connectivity index (χ2v) is 3.89. The molecule has 2 rings (SSSR count). The summed E-state index contributed by atoms with van der Waals surface area (Å²) in [7, 11) is 0. The highest BCUT2D eigenvalue weighted by Crippen LogP contribution is 2.31. The van der Waals surface area contributed by atoms with E-state index in [4.69, 9.17) is 5.11 Å². The quantitative estimate of drug-likeness (QED) is 0.713. The lowest BCUT2D eigenvalue weighted by molar-refractivity contribution is -0.148. The molecule has 0 bridgehead atoms. The smallest absolute Gasteiger partial charge is 0.329 e. The Hall–Kier alpha value is -2.18. The second-order valence-electron chi connectivity index (χ2n) is 3.89. The molecule has 0 aliphatic heterocycles. The third-order valence-corrected chi connectivity index (χ3v) is 2.76. The molecule has 0 atom stereocenters. The Bertz CT molecular complexity index is 430. The van der Waals surface area contributed by atoms with Gasteiger partial charge in [0.15, 0.2) is 0 Å². The van der Waals surface area contributed by atoms with Gasteiger partial charge in [0.2, 0.25) is 5.95 Å². The molecule has 2 amide bonds. The number of anilines is 1. The third-order valence-electron chi connectivity index (χ3n) is 2.76. The number of carboxylic acid groups (broad SMARTS) is 1. The highest BCUT2D eigenvalue weighted by Gasteiger charge is 2.45. The first-order valence-corrected chi connectivity index (χ1v) is 5.22. The fraction of sp³-hybridized carbons (Fsp3) is 0.400. The molecule has 1 aromatic rings. The van der Waals surface area contributed by atoms with Crippen molar-refractivity contribution in [2.75, 3.05) is 5.32 Å². The van der Waals surface area contributed by atoms with Crippen molar-refractivity contribution in [1.82, 2.24) is 15.3 Å². The fourth-order valence-electron chi connectivity index (χ4n) is 1.64. The highest BCUT2D eigenvalue weighted by atomic mass is 16.4. The molecule has 0 saturated heterocycles. The van der Waals surface area contributed by atoms with Crippen molar-refractivity contribution in [3.63, 3.8) is 0 Å². The minimum absolute atomic E-state index is 0.143. The van der Waals surface area contributed by atoms with Gasteiger partial charge in [0, 0.05) is 12.4 Å². The third kappa shape index (κ3) is 2.32. The molecule has 1 aliphatic rings. The number of aliphatic carboxylic acids is 1. The topological polar surface area (TPSA) is 104 Å². The van der Waals surface area contributed by atoms with Crippen LogP contribution in [0.15, 0.2) is 18.5 Å². The van der Waals surface area contributed by atoms with Gasteiger partial charge in [0.1, 0.15) is 5.54 Å². The Morgan fingerprint density at radius 2 is 1.94 bits per heavy atom. The summed E-state index contributed by atoms with van der Waals surface area (Å²) in [5.41, 5.74) is -1.13. The number of rotatable bonds is 3. The molecule has 0 radical (unpaired) electrons. The lowest BCUT2D eigenvalue weighted by atomic mass is 9.77. The molecular weight excluding hydrogens is 224 g/mol. The van der Waals surface area contributed by atoms with Gasteiger partial charge in [-0.1, -0.05) is 0 Å². The zero-order chi connectivity index (χ0) is 12.3. The molecule has 1 heterocycles. The van der Waals surface area contributed by atoms with Crippen LogP contribution >= 0.6 is 0 Å². The van der Waals surface area contributed by atoms with Gasteiger partial charge >= 0.3 is 12.0 Å². The van der Waals surface area contributed by atoms with Crippen LogP contribution in [-0.2, 0) is 4.79 Å². The first-order chi connectivity index (χ1) is 8.12. The second kappa shape index (κ2) is 4.36. The number of carbonyl (C=O) groups is 2. The van der Waals surface area contributed by atoms with E-state index in [0.29, 0.717) is 12.8 Å². The van der Waals surface area contributed by atoms with E-state index in [1.54, 1.807) is 6.07 Å². The molecule has 0 aromatic carbocycles. The van der Waals surface area contributed by atoms with Crippen molar-refractivity contribution in [3.05, 3.63) is 18.5 Å². The minimum atomic E-state index is -1.13. The SMILES string of the molecule is O=C(Nc1ncccn1)NC1(C(=O)O)CCC1. The number of carboxylic acids is 1. The average molecular weight is 236 g/mol. The van der Waals surface area contributed by atoms with Gasteiger partial charge in [-0.25, -0.2) is 19.6 Å². The molecule has 1 aliphatic carbocycles. The first kappa shape index (κ1) is 11.3. The van der Waals surface area contributed by atoms with Gasteiger partial charge < -0.3 is 10.4 Å². The van der Waals surface area contributed by atoms with E-state index in [1.807, 2.05) is 0 Å². The van der Waals surface area contributed by atoms with Crippen LogP contribution in [0.4, 0.5) is 10.7 Å². The monoisotopic (exact) mass is 236 g/mol. The number of amides is 2. The molecule has 90 valence electrons. The molecule has 1 fully saturated rings. The summed E-state index contributed by atoms with van der Waals surface area (Å²) in [5, 5.41) is 13.9. The number of urea groups is 1. The van der Waals surface area contributed by atoms with Crippen LogP contribution in [0.2, 0.25) is 0 Å². The van der Waals surface area contributed by atoms with Gasteiger partial charge in [-0.15, -0.1) is 0 Å². The Labute approximate surface area is 97.3 Å². The molecule has 0 unspecified atom stereocenters. The van der Waals surface area contributed by atoms with E-state index < -0.39 is 17.5 Å². The van der Waals surface area contributed by atoms with Crippen molar-refractivity contribution >= 4 is 17.9 Å². The summed E-state index contributed by atoms with van der Waals surface area (Å²) in [6.45, 7) is 0. The molecule has 3 N–H and O–H groups in total. The van der Waals surface area contributed by atoms with Crippen molar-refractivity contribution in [1.29, 1.82) is 0 Å². The van der Waals surface area contributed by atoms with Crippen LogP contribution in [0.1, 0.15) is 19.3 Å². The number of hydrogen-bond acceptors (Lipinski definition) is 4. The van der Waals surface area contributed by atoms with Crippen LogP contribution in [-0.4, -0.2) is 32.6 Å². The minimum Gasteiger partial charge on any atom is -0.480 e. The summed E-state index contributed by atoms with van der Waals surface area (Å²) >= 11 is 0. The Morgan fingerprint density at radius 3 is 2.41 bits per heavy atom. The largest absolute Gasteiger partial charge is 0.480 e. The fourth-order valence-corrected chi connectivity index (χ4v) is 1.64. The molecule has 17 heavy (non-hydrogen) atoms. The number of hydrogen-bond donors (Lipinski definition) is 3. The van der Waals surface area contributed by atoms with Crippen molar-refractivity contribution in [2.24, 2.45) is 0 Å². The molecule has 0 spiro atoms. The summed E-state index contributed by atoms with van der Waals surface area (Å²) in [6.07, 6.45) is 4.67. The number of carbonyl (C=O) groups excluding carboxylic acids is 1. The molecule has 1 aromatic heterocycles. The maximum atomic E-state index is 11.6. The summed E-state index contributed by atoms with van der Waals surface area (Å²) < 4.78 is 0. The lowest BCUT2D eigenvalue weighted by Gasteiger charge is -2.37. The Morgan fingerprint density at radius 1 is 1.29 bits per heavy atom. The maximum Gasteiger partial charge on any atom is 0.329 e. The summed E-state index contributed by atoms with van der Waals surface area (Å²) in [6, 6.07) is 1.02. The Kier molecular flexibility index (Phi) is 2.90. The number of nitrogens with one attached hydrogen (secondary N) is 2. The molecule has 7 heteroatoms. The van der Waals surface area contributed by atoms with Crippen molar-refractivity contribution in [2.45, 2.75) is 24.8 Å².